The highest BCUT2D eigenvalue weighted by atomic mass is 35.5. The van der Waals surface area contributed by atoms with Crippen LogP contribution in [0.2, 0.25) is 10.0 Å². The monoisotopic (exact) mass is 329 g/mol. The van der Waals surface area contributed by atoms with Gasteiger partial charge in [-0.2, -0.15) is 5.10 Å². The molecular weight excluding hydrogens is 312 g/mol. The first-order valence-electron chi connectivity index (χ1n) is 6.93. The molecule has 0 aliphatic carbocycles. The Bertz CT molecular complexity index is 640. The van der Waals surface area contributed by atoms with E-state index in [1.807, 2.05) is 18.5 Å². The number of hydrogen-bond acceptors (Lipinski definition) is 2. The SMILES string of the molecule is CCc1nn(CC)c(CC(N)c2cccc(F)c2Cl)c1Cl. The second kappa shape index (κ2) is 6.77. The molecule has 1 aromatic carbocycles. The third kappa shape index (κ3) is 3.23. The van der Waals surface area contributed by atoms with Crippen molar-refractivity contribution < 1.29 is 4.39 Å². The van der Waals surface area contributed by atoms with E-state index in [1.54, 1.807) is 12.1 Å². The van der Waals surface area contributed by atoms with Gasteiger partial charge >= 0.3 is 0 Å². The van der Waals surface area contributed by atoms with Gasteiger partial charge in [0, 0.05) is 19.0 Å². The zero-order chi connectivity index (χ0) is 15.6. The predicted molar refractivity (Wildman–Crippen MR) is 84.3 cm³/mol. The molecule has 6 heteroatoms. The van der Waals surface area contributed by atoms with Gasteiger partial charge in [0.2, 0.25) is 0 Å². The van der Waals surface area contributed by atoms with Crippen molar-refractivity contribution in [1.29, 1.82) is 0 Å². The minimum absolute atomic E-state index is 0.0689. The number of aromatic nitrogens is 2. The largest absolute Gasteiger partial charge is 0.324 e. The summed E-state index contributed by atoms with van der Waals surface area (Å²) in [5.74, 6) is -0.464. The van der Waals surface area contributed by atoms with Crippen molar-refractivity contribution in [2.24, 2.45) is 5.73 Å². The molecule has 0 aliphatic rings. The van der Waals surface area contributed by atoms with Crippen molar-refractivity contribution in [1.82, 2.24) is 9.78 Å². The molecule has 1 unspecified atom stereocenters. The molecule has 1 aromatic heterocycles. The van der Waals surface area contributed by atoms with E-state index in [0.29, 0.717) is 23.6 Å². The van der Waals surface area contributed by atoms with Crippen LogP contribution in [0.5, 0.6) is 0 Å². The van der Waals surface area contributed by atoms with E-state index in [1.165, 1.54) is 6.07 Å². The van der Waals surface area contributed by atoms with Gasteiger partial charge in [0.25, 0.3) is 0 Å². The van der Waals surface area contributed by atoms with Crippen molar-refractivity contribution in [3.63, 3.8) is 0 Å². The Morgan fingerprint density at radius 1 is 1.29 bits per heavy atom. The van der Waals surface area contributed by atoms with Gasteiger partial charge < -0.3 is 5.73 Å². The topological polar surface area (TPSA) is 43.8 Å². The van der Waals surface area contributed by atoms with Crippen molar-refractivity contribution in [3.8, 4) is 0 Å². The lowest BCUT2D eigenvalue weighted by molar-refractivity contribution is 0.581. The van der Waals surface area contributed by atoms with Crippen LogP contribution in [0.1, 0.15) is 36.8 Å². The third-order valence-corrected chi connectivity index (χ3v) is 4.32. The van der Waals surface area contributed by atoms with Gasteiger partial charge in [-0.1, -0.05) is 42.3 Å². The molecule has 2 aromatic rings. The first kappa shape index (κ1) is 16.3. The molecule has 0 saturated heterocycles. The molecule has 0 fully saturated rings. The molecule has 2 N–H and O–H groups in total. The van der Waals surface area contributed by atoms with Crippen LogP contribution in [0.25, 0.3) is 0 Å². The number of benzene rings is 1. The van der Waals surface area contributed by atoms with Crippen LogP contribution in [0, 0.1) is 5.82 Å². The molecule has 3 nitrogen and oxygen atoms in total. The number of nitrogens with two attached hydrogens (primary N) is 1. The van der Waals surface area contributed by atoms with Gasteiger partial charge in [-0.25, -0.2) is 4.39 Å². The molecule has 114 valence electrons. The summed E-state index contributed by atoms with van der Waals surface area (Å²) in [4.78, 5) is 0. The fourth-order valence-corrected chi connectivity index (χ4v) is 2.95. The summed E-state index contributed by atoms with van der Waals surface area (Å²) in [7, 11) is 0. The van der Waals surface area contributed by atoms with Crippen LogP contribution >= 0.6 is 23.2 Å². The zero-order valence-electron chi connectivity index (χ0n) is 12.0. The average molecular weight is 330 g/mol. The van der Waals surface area contributed by atoms with Gasteiger partial charge in [-0.15, -0.1) is 0 Å². The van der Waals surface area contributed by atoms with E-state index in [2.05, 4.69) is 5.10 Å². The second-order valence-electron chi connectivity index (χ2n) is 4.83. The molecule has 0 amide bonds. The Labute approximate surface area is 133 Å². The highest BCUT2D eigenvalue weighted by Crippen LogP contribution is 2.29. The molecule has 21 heavy (non-hydrogen) atoms. The Hall–Kier alpha value is -1.10. The lowest BCUT2D eigenvalue weighted by Crippen LogP contribution is -2.17. The van der Waals surface area contributed by atoms with Crippen molar-refractivity contribution in [2.75, 3.05) is 0 Å². The van der Waals surface area contributed by atoms with Crippen LogP contribution in [-0.4, -0.2) is 9.78 Å². The Morgan fingerprint density at radius 2 is 2.00 bits per heavy atom. The summed E-state index contributed by atoms with van der Waals surface area (Å²) in [6.07, 6.45) is 1.22. The number of nitrogens with zero attached hydrogens (tertiary/aromatic N) is 2. The molecule has 0 radical (unpaired) electrons. The van der Waals surface area contributed by atoms with E-state index < -0.39 is 11.9 Å². The van der Waals surface area contributed by atoms with E-state index >= 15 is 0 Å². The standard InChI is InChI=1S/C15H18Cl2FN3/c1-3-12-15(17)13(21(4-2)20-12)8-11(19)9-6-5-7-10(18)14(9)16/h5-7,11H,3-4,8,19H2,1-2H3. The number of hydrogen-bond donors (Lipinski definition) is 1. The van der Waals surface area contributed by atoms with Gasteiger partial charge in [0.15, 0.2) is 0 Å². The molecular formula is C15H18Cl2FN3. The zero-order valence-corrected chi connectivity index (χ0v) is 13.5. The van der Waals surface area contributed by atoms with Crippen molar-refractivity contribution in [3.05, 3.63) is 51.0 Å². The van der Waals surface area contributed by atoms with E-state index in [-0.39, 0.29) is 5.02 Å². The summed E-state index contributed by atoms with van der Waals surface area (Å²) in [6.45, 7) is 4.70. The molecule has 1 heterocycles. The average Bonchev–Trinajstić information content (AvgIpc) is 2.78. The quantitative estimate of drug-likeness (QED) is 0.895. The van der Waals surface area contributed by atoms with E-state index in [9.17, 15) is 4.39 Å². The molecule has 0 spiro atoms. The minimum Gasteiger partial charge on any atom is -0.324 e. The van der Waals surface area contributed by atoms with Gasteiger partial charge in [-0.05, 0) is 25.0 Å². The van der Waals surface area contributed by atoms with Crippen molar-refractivity contribution in [2.45, 2.75) is 39.3 Å². The van der Waals surface area contributed by atoms with Crippen LogP contribution in [0.15, 0.2) is 18.2 Å². The fraction of sp³-hybridized carbons (Fsp3) is 0.400. The second-order valence-corrected chi connectivity index (χ2v) is 5.59. The third-order valence-electron chi connectivity index (χ3n) is 3.49. The first-order chi connectivity index (χ1) is 9.99. The van der Waals surface area contributed by atoms with Crippen LogP contribution in [-0.2, 0) is 19.4 Å². The predicted octanol–water partition coefficient (Wildman–Crippen LogP) is 4.15. The van der Waals surface area contributed by atoms with Gasteiger partial charge in [0.1, 0.15) is 5.82 Å². The molecule has 1 atom stereocenters. The highest BCUT2D eigenvalue weighted by molar-refractivity contribution is 6.32. The van der Waals surface area contributed by atoms with Gasteiger partial charge in [0.05, 0.1) is 21.4 Å². The Kier molecular flexibility index (Phi) is 5.25. The van der Waals surface area contributed by atoms with E-state index in [0.717, 1.165) is 17.8 Å². The molecule has 0 bridgehead atoms. The maximum atomic E-state index is 13.5. The maximum Gasteiger partial charge on any atom is 0.142 e. The summed E-state index contributed by atoms with van der Waals surface area (Å²) in [5.41, 5.74) is 8.48. The first-order valence-corrected chi connectivity index (χ1v) is 7.68. The lowest BCUT2D eigenvalue weighted by atomic mass is 10.0. The Morgan fingerprint density at radius 3 is 2.62 bits per heavy atom. The van der Waals surface area contributed by atoms with Crippen LogP contribution < -0.4 is 5.73 Å². The minimum atomic E-state index is -0.464. The normalized spacial score (nSPS) is 12.7. The summed E-state index contributed by atoms with van der Waals surface area (Å²) < 4.78 is 15.4. The van der Waals surface area contributed by atoms with E-state index in [4.69, 9.17) is 28.9 Å². The van der Waals surface area contributed by atoms with Crippen LogP contribution in [0.3, 0.4) is 0 Å². The molecule has 0 aliphatic heterocycles. The maximum absolute atomic E-state index is 13.5. The van der Waals surface area contributed by atoms with Crippen LogP contribution in [0.4, 0.5) is 4.39 Å². The number of halogens is 3. The van der Waals surface area contributed by atoms with Gasteiger partial charge in [-0.3, -0.25) is 4.68 Å². The molecule has 2 rings (SSSR count). The van der Waals surface area contributed by atoms with Crippen molar-refractivity contribution >= 4 is 23.2 Å². The highest BCUT2D eigenvalue weighted by Gasteiger charge is 2.20. The Balaban J connectivity index is 2.33. The number of aryl methyl sites for hydroxylation is 2. The lowest BCUT2D eigenvalue weighted by Gasteiger charge is -2.15. The number of rotatable bonds is 5. The fourth-order valence-electron chi connectivity index (χ4n) is 2.34. The summed E-state index contributed by atoms with van der Waals surface area (Å²) in [6, 6.07) is 4.22. The molecule has 0 saturated carbocycles. The smallest absolute Gasteiger partial charge is 0.142 e. The summed E-state index contributed by atoms with van der Waals surface area (Å²) in [5, 5.41) is 5.17. The summed E-state index contributed by atoms with van der Waals surface area (Å²) >= 11 is 12.4.